The number of benzene rings is 8. The molecule has 0 N–H and O–H groups in total. The largest absolute Gasteiger partial charge is 0.340 e. The summed E-state index contributed by atoms with van der Waals surface area (Å²) >= 11 is 0. The van der Waals surface area contributed by atoms with E-state index in [0.717, 1.165) is 64.6 Å². The van der Waals surface area contributed by atoms with Crippen LogP contribution in [0.2, 0.25) is 0 Å². The molecule has 8 aromatic carbocycles. The molecule has 0 aliphatic carbocycles. The van der Waals surface area contributed by atoms with E-state index < -0.39 is 0 Å². The van der Waals surface area contributed by atoms with E-state index in [1.165, 1.54) is 32.9 Å². The number of unbranched alkanes of at least 4 members (excludes halogenated alkanes) is 1. The predicted molar refractivity (Wildman–Crippen MR) is 254 cm³/mol. The van der Waals surface area contributed by atoms with Gasteiger partial charge in [-0.1, -0.05) is 147 Å². The van der Waals surface area contributed by atoms with Crippen molar-refractivity contribution in [2.45, 2.75) is 26.3 Å². The lowest BCUT2D eigenvalue weighted by molar-refractivity contribution is 0.665. The molecule has 0 unspecified atom stereocenters. The molecule has 0 saturated carbocycles. The van der Waals surface area contributed by atoms with Crippen molar-refractivity contribution < 1.29 is 0 Å². The first-order chi connectivity index (χ1) is 29.2. The van der Waals surface area contributed by atoms with Crippen LogP contribution in [0.1, 0.15) is 42.0 Å². The van der Waals surface area contributed by atoms with Crippen LogP contribution in [0.3, 0.4) is 0 Å². The number of rotatable bonds is 13. The van der Waals surface area contributed by atoms with Crippen LogP contribution < -0.4 is 9.80 Å². The van der Waals surface area contributed by atoms with Gasteiger partial charge in [0.05, 0.1) is 0 Å². The zero-order valence-electron chi connectivity index (χ0n) is 33.4. The Balaban J connectivity index is 0.982. The van der Waals surface area contributed by atoms with Gasteiger partial charge in [0.2, 0.25) is 0 Å². The Kier molecular flexibility index (Phi) is 11.0. The summed E-state index contributed by atoms with van der Waals surface area (Å²) in [5, 5.41) is 2.58. The molecule has 3 nitrogen and oxygen atoms in total. The van der Waals surface area contributed by atoms with Crippen LogP contribution in [0, 0.1) is 0 Å². The molecule has 0 fully saturated rings. The van der Waals surface area contributed by atoms with E-state index in [9.17, 15) is 0 Å². The fraction of sp³-hybridized carbons (Fsp3) is 0.0714. The summed E-state index contributed by atoms with van der Waals surface area (Å²) in [7, 11) is 0. The third kappa shape index (κ3) is 8.23. The Labute approximate surface area is 348 Å². The maximum atomic E-state index is 2.50. The van der Waals surface area contributed by atoms with Crippen LogP contribution in [0.5, 0.6) is 0 Å². The highest BCUT2D eigenvalue weighted by molar-refractivity contribution is 6.09. The lowest BCUT2D eigenvalue weighted by Gasteiger charge is -2.25. The SMILES string of the molecule is CCCCn1c2ccc(/C=C/c3ccc(N(c4ccccc4)c4ccccc4)cc3)cc2c2cc(/C=C/c3ccc(N(c4ccccc4)c4ccccc4)cc3)ccc21. The number of para-hydroxylation sites is 4. The number of aryl methyl sites for hydroxylation is 1. The number of nitrogens with zero attached hydrogens (tertiary/aromatic N) is 3. The van der Waals surface area contributed by atoms with Crippen LogP contribution in [0.15, 0.2) is 206 Å². The molecule has 0 radical (unpaired) electrons. The smallest absolute Gasteiger partial charge is 0.0491 e. The number of hydrogen-bond donors (Lipinski definition) is 0. The summed E-state index contributed by atoms with van der Waals surface area (Å²) in [6, 6.07) is 73.6. The molecule has 1 aromatic heterocycles. The van der Waals surface area contributed by atoms with E-state index in [-0.39, 0.29) is 0 Å². The van der Waals surface area contributed by atoms with Crippen molar-refractivity contribution in [1.82, 2.24) is 4.57 Å². The molecule has 286 valence electrons. The second-order valence-corrected chi connectivity index (χ2v) is 14.9. The van der Waals surface area contributed by atoms with E-state index in [4.69, 9.17) is 0 Å². The Hall–Kier alpha value is -7.36. The van der Waals surface area contributed by atoms with Gasteiger partial charge in [-0.15, -0.1) is 0 Å². The molecular formula is C56H47N3. The fourth-order valence-corrected chi connectivity index (χ4v) is 7.96. The minimum Gasteiger partial charge on any atom is -0.340 e. The molecule has 3 heteroatoms. The molecule has 9 rings (SSSR count). The lowest BCUT2D eigenvalue weighted by Crippen LogP contribution is -2.09. The van der Waals surface area contributed by atoms with Gasteiger partial charge in [0.15, 0.2) is 0 Å². The van der Waals surface area contributed by atoms with Gasteiger partial charge < -0.3 is 14.4 Å². The number of anilines is 6. The van der Waals surface area contributed by atoms with Crippen molar-refractivity contribution in [2.24, 2.45) is 0 Å². The highest BCUT2D eigenvalue weighted by atomic mass is 15.1. The Morgan fingerprint density at radius 3 is 1.00 bits per heavy atom. The average molecular weight is 762 g/mol. The second-order valence-electron chi connectivity index (χ2n) is 14.9. The Bertz CT molecular complexity index is 2550. The molecule has 1 heterocycles. The van der Waals surface area contributed by atoms with Crippen LogP contribution in [0.25, 0.3) is 46.1 Å². The first-order valence-electron chi connectivity index (χ1n) is 20.6. The van der Waals surface area contributed by atoms with Gasteiger partial charge >= 0.3 is 0 Å². The van der Waals surface area contributed by atoms with E-state index in [1.807, 2.05) is 0 Å². The van der Waals surface area contributed by atoms with Crippen LogP contribution in [-0.2, 0) is 6.54 Å². The molecule has 9 aromatic rings. The minimum absolute atomic E-state index is 1.01. The van der Waals surface area contributed by atoms with Crippen molar-refractivity contribution in [3.63, 3.8) is 0 Å². The van der Waals surface area contributed by atoms with Crippen molar-refractivity contribution in [3.8, 4) is 0 Å². The number of fused-ring (bicyclic) bond motifs is 3. The fourth-order valence-electron chi connectivity index (χ4n) is 7.96. The highest BCUT2D eigenvalue weighted by Crippen LogP contribution is 2.37. The average Bonchev–Trinajstić information content (AvgIpc) is 3.61. The first kappa shape index (κ1) is 37.2. The molecule has 0 bridgehead atoms. The maximum absolute atomic E-state index is 2.50. The predicted octanol–water partition coefficient (Wildman–Crippen LogP) is 15.9. The topological polar surface area (TPSA) is 11.4 Å². The monoisotopic (exact) mass is 761 g/mol. The Morgan fingerprint density at radius 2 is 0.661 bits per heavy atom. The molecule has 0 amide bonds. The normalized spacial score (nSPS) is 11.5. The molecule has 0 spiro atoms. The lowest BCUT2D eigenvalue weighted by atomic mass is 10.0. The van der Waals surface area contributed by atoms with Gasteiger partial charge in [0.25, 0.3) is 0 Å². The zero-order chi connectivity index (χ0) is 39.8. The Morgan fingerprint density at radius 1 is 0.356 bits per heavy atom. The van der Waals surface area contributed by atoms with E-state index in [0.29, 0.717) is 0 Å². The zero-order valence-corrected chi connectivity index (χ0v) is 33.4. The summed E-state index contributed by atoms with van der Waals surface area (Å²) in [6.45, 7) is 3.27. The van der Waals surface area contributed by atoms with Gasteiger partial charge in [-0.05, 0) is 126 Å². The number of hydrogen-bond acceptors (Lipinski definition) is 2. The third-order valence-electron chi connectivity index (χ3n) is 10.9. The van der Waals surface area contributed by atoms with Crippen molar-refractivity contribution in [1.29, 1.82) is 0 Å². The van der Waals surface area contributed by atoms with Gasteiger partial charge in [-0.2, -0.15) is 0 Å². The molecule has 59 heavy (non-hydrogen) atoms. The van der Waals surface area contributed by atoms with Gasteiger partial charge in [-0.25, -0.2) is 0 Å². The highest BCUT2D eigenvalue weighted by Gasteiger charge is 2.14. The summed E-state index contributed by atoms with van der Waals surface area (Å²) in [6.07, 6.45) is 11.2. The van der Waals surface area contributed by atoms with Crippen molar-refractivity contribution in [2.75, 3.05) is 9.80 Å². The third-order valence-corrected chi connectivity index (χ3v) is 10.9. The summed E-state index contributed by atoms with van der Waals surface area (Å²) < 4.78 is 2.50. The molecule has 0 atom stereocenters. The van der Waals surface area contributed by atoms with E-state index in [2.05, 4.69) is 252 Å². The maximum Gasteiger partial charge on any atom is 0.0491 e. The van der Waals surface area contributed by atoms with Crippen LogP contribution in [0.4, 0.5) is 34.1 Å². The van der Waals surface area contributed by atoms with Crippen molar-refractivity contribution >= 4 is 80.2 Å². The van der Waals surface area contributed by atoms with Crippen LogP contribution >= 0.6 is 0 Å². The molecule has 0 aliphatic rings. The second kappa shape index (κ2) is 17.4. The van der Waals surface area contributed by atoms with Gasteiger partial charge in [0.1, 0.15) is 0 Å². The van der Waals surface area contributed by atoms with Crippen molar-refractivity contribution in [3.05, 3.63) is 229 Å². The summed E-state index contributed by atoms with van der Waals surface area (Å²) in [4.78, 5) is 4.59. The molecule has 0 saturated heterocycles. The minimum atomic E-state index is 1.01. The van der Waals surface area contributed by atoms with Gasteiger partial charge in [0, 0.05) is 62.5 Å². The number of aromatic nitrogens is 1. The van der Waals surface area contributed by atoms with Gasteiger partial charge in [-0.3, -0.25) is 0 Å². The quantitative estimate of drug-likeness (QED) is 0.108. The molecule has 0 aliphatic heterocycles. The van der Waals surface area contributed by atoms with E-state index >= 15 is 0 Å². The van der Waals surface area contributed by atoms with Crippen LogP contribution in [-0.4, -0.2) is 4.57 Å². The first-order valence-corrected chi connectivity index (χ1v) is 20.6. The van der Waals surface area contributed by atoms with E-state index in [1.54, 1.807) is 0 Å². The summed E-state index contributed by atoms with van der Waals surface area (Å²) in [5.74, 6) is 0. The molecular weight excluding hydrogens is 715 g/mol. The standard InChI is InChI=1S/C56H47N3/c1-2-3-40-57-55-38-32-45(26-24-43-28-34-51(35-29-43)58(47-16-8-4-9-17-47)48-18-10-5-11-19-48)41-53(55)54-42-46(33-39-56(54)57)27-25-44-30-36-52(37-31-44)59(49-20-12-6-13-21-49)50-22-14-7-15-23-50/h4-39,41-42H,2-3,40H2,1H3/b26-24+,27-25+. The summed E-state index contributed by atoms with van der Waals surface area (Å²) in [5.41, 5.74) is 14.1.